The number of halogens is 3. The maximum Gasteiger partial charge on any atom is 0.573 e. The van der Waals surface area contributed by atoms with Crippen LogP contribution >= 0.6 is 0 Å². The minimum atomic E-state index is -4.71. The number of rotatable bonds is 13. The first-order valence-corrected chi connectivity index (χ1v) is 15.9. The average Bonchev–Trinajstić information content (AvgIpc) is 3.24. The zero-order valence-electron chi connectivity index (χ0n) is 23.7. The number of benzene rings is 2. The Morgan fingerprint density at radius 2 is 1.55 bits per heavy atom. The van der Waals surface area contributed by atoms with Gasteiger partial charge in [0.1, 0.15) is 17.6 Å². The molecule has 0 aromatic heterocycles. The molecule has 0 saturated carbocycles. The Hall–Kier alpha value is -2.03. The van der Waals surface area contributed by atoms with E-state index < -0.39 is 14.7 Å². The second kappa shape index (κ2) is 12.9. The zero-order chi connectivity index (χ0) is 28.1. The second-order valence-electron chi connectivity index (χ2n) is 11.0. The molecule has 0 aliphatic heterocycles. The van der Waals surface area contributed by atoms with Crippen molar-refractivity contribution < 1.29 is 31.8 Å². The molecule has 0 heterocycles. The summed E-state index contributed by atoms with van der Waals surface area (Å²) in [7, 11) is -1.94. The van der Waals surface area contributed by atoms with Crippen molar-refractivity contribution in [1.82, 2.24) is 0 Å². The lowest BCUT2D eigenvalue weighted by molar-refractivity contribution is -0.274. The van der Waals surface area contributed by atoms with E-state index in [1.165, 1.54) is 6.07 Å². The second-order valence-corrected chi connectivity index (χ2v) is 16.4. The van der Waals surface area contributed by atoms with E-state index in [-0.39, 0.29) is 18.0 Å². The molecule has 0 radical (unpaired) electrons. The SMILES string of the molecule is CCO[C@@H](CCO[Si](C(C)C)(C(C)C)C(C)C)c1ccc(O[C@@H]2CCc3c(OC(F)(F)F)cccc32)cc1. The lowest BCUT2D eigenvalue weighted by Crippen LogP contribution is -2.48. The summed E-state index contributed by atoms with van der Waals surface area (Å²) in [6.07, 6.45) is -3.26. The molecular weight excluding hydrogens is 509 g/mol. The maximum absolute atomic E-state index is 12.8. The van der Waals surface area contributed by atoms with Crippen LogP contribution in [0.15, 0.2) is 42.5 Å². The molecule has 0 fully saturated rings. The molecule has 0 saturated heterocycles. The summed E-state index contributed by atoms with van der Waals surface area (Å²) in [5, 5.41) is 0. The molecule has 2 aromatic carbocycles. The van der Waals surface area contributed by atoms with Gasteiger partial charge in [0.15, 0.2) is 8.32 Å². The normalized spacial score (nSPS) is 16.8. The van der Waals surface area contributed by atoms with Crippen molar-refractivity contribution in [3.05, 3.63) is 59.2 Å². The van der Waals surface area contributed by atoms with E-state index in [0.29, 0.717) is 54.0 Å². The van der Waals surface area contributed by atoms with Gasteiger partial charge < -0.3 is 18.6 Å². The predicted molar refractivity (Wildman–Crippen MR) is 147 cm³/mol. The quantitative estimate of drug-likeness (QED) is 0.232. The van der Waals surface area contributed by atoms with E-state index in [0.717, 1.165) is 17.5 Å². The van der Waals surface area contributed by atoms with Gasteiger partial charge >= 0.3 is 6.36 Å². The summed E-state index contributed by atoms with van der Waals surface area (Å²) < 4.78 is 61.6. The molecule has 0 amide bonds. The van der Waals surface area contributed by atoms with Crippen molar-refractivity contribution >= 4 is 8.32 Å². The molecule has 1 aliphatic carbocycles. The molecule has 0 unspecified atom stereocenters. The van der Waals surface area contributed by atoms with E-state index in [1.807, 2.05) is 37.3 Å². The van der Waals surface area contributed by atoms with Gasteiger partial charge in [-0.2, -0.15) is 0 Å². The first-order chi connectivity index (χ1) is 17.9. The number of ether oxygens (including phenoxy) is 3. The highest BCUT2D eigenvalue weighted by molar-refractivity contribution is 6.77. The molecular formula is C30H43F3O4Si. The van der Waals surface area contributed by atoms with Crippen molar-refractivity contribution in [2.24, 2.45) is 0 Å². The summed E-state index contributed by atoms with van der Waals surface area (Å²) in [5.74, 6) is 0.531. The molecule has 2 atom stereocenters. The summed E-state index contributed by atoms with van der Waals surface area (Å²) in [5.41, 5.74) is 3.95. The molecule has 8 heteroatoms. The van der Waals surface area contributed by atoms with E-state index in [4.69, 9.17) is 13.9 Å². The Morgan fingerprint density at radius 1 is 0.921 bits per heavy atom. The van der Waals surface area contributed by atoms with Crippen molar-refractivity contribution in [2.75, 3.05) is 13.2 Å². The molecule has 1 aliphatic rings. The number of fused-ring (bicyclic) bond motifs is 1. The largest absolute Gasteiger partial charge is 0.573 e. The lowest BCUT2D eigenvalue weighted by Gasteiger charge is -2.42. The third kappa shape index (κ3) is 7.13. The van der Waals surface area contributed by atoms with E-state index in [1.54, 1.807) is 6.07 Å². The van der Waals surface area contributed by atoms with Crippen LogP contribution in [0.5, 0.6) is 11.5 Å². The van der Waals surface area contributed by atoms with Crippen LogP contribution in [0.2, 0.25) is 16.6 Å². The van der Waals surface area contributed by atoms with Gasteiger partial charge in [0.2, 0.25) is 0 Å². The molecule has 3 rings (SSSR count). The molecule has 38 heavy (non-hydrogen) atoms. The van der Waals surface area contributed by atoms with Crippen molar-refractivity contribution in [1.29, 1.82) is 0 Å². The minimum Gasteiger partial charge on any atom is -0.486 e. The van der Waals surface area contributed by atoms with E-state index in [9.17, 15) is 13.2 Å². The fourth-order valence-corrected chi connectivity index (χ4v) is 11.7. The van der Waals surface area contributed by atoms with Crippen LogP contribution in [0.25, 0.3) is 0 Å². The number of alkyl halides is 3. The minimum absolute atomic E-state index is 0.0819. The Morgan fingerprint density at radius 3 is 2.11 bits per heavy atom. The van der Waals surface area contributed by atoms with Crippen LogP contribution in [-0.2, 0) is 15.6 Å². The fourth-order valence-electron chi connectivity index (χ4n) is 6.24. The Labute approximate surface area is 227 Å². The van der Waals surface area contributed by atoms with Gasteiger partial charge in [-0.25, -0.2) is 0 Å². The van der Waals surface area contributed by atoms with E-state index >= 15 is 0 Å². The van der Waals surface area contributed by atoms with Gasteiger partial charge in [0.25, 0.3) is 0 Å². The Bertz CT molecular complexity index is 999. The number of hydrogen-bond acceptors (Lipinski definition) is 4. The standard InChI is InChI=1S/C30H43F3O4Si/c1-8-34-27(18-19-35-38(20(2)3,21(4)5)22(6)7)23-12-14-24(15-13-23)36-28-17-16-26-25(28)10-9-11-29(26)37-30(31,32)33/h9-15,20-22,27-28H,8,16-19H2,1-7H3/t27-,28+/m0/s1. The van der Waals surface area contributed by atoms with Gasteiger partial charge in [0, 0.05) is 18.8 Å². The van der Waals surface area contributed by atoms with Crippen LogP contribution in [-0.4, -0.2) is 27.9 Å². The third-order valence-corrected chi connectivity index (χ3v) is 13.9. The highest BCUT2D eigenvalue weighted by Gasteiger charge is 2.45. The molecule has 0 N–H and O–H groups in total. The summed E-state index contributed by atoms with van der Waals surface area (Å²) >= 11 is 0. The Balaban J connectivity index is 1.67. The van der Waals surface area contributed by atoms with Crippen molar-refractivity contribution in [3.63, 3.8) is 0 Å². The molecule has 2 aromatic rings. The molecule has 212 valence electrons. The summed E-state index contributed by atoms with van der Waals surface area (Å²) in [6.45, 7) is 17.0. The van der Waals surface area contributed by atoms with Gasteiger partial charge in [-0.1, -0.05) is 65.8 Å². The van der Waals surface area contributed by atoms with Crippen LogP contribution in [0.1, 0.15) is 90.2 Å². The van der Waals surface area contributed by atoms with E-state index in [2.05, 4.69) is 46.3 Å². The number of hydrogen-bond donors (Lipinski definition) is 0. The van der Waals surface area contributed by atoms with Gasteiger partial charge in [-0.15, -0.1) is 13.2 Å². The molecule has 4 nitrogen and oxygen atoms in total. The summed E-state index contributed by atoms with van der Waals surface area (Å²) in [4.78, 5) is 0. The maximum atomic E-state index is 12.8. The summed E-state index contributed by atoms with van der Waals surface area (Å²) in [6, 6.07) is 12.6. The fraction of sp³-hybridized carbons (Fsp3) is 0.600. The smallest absolute Gasteiger partial charge is 0.486 e. The van der Waals surface area contributed by atoms with Crippen LogP contribution in [0, 0.1) is 0 Å². The molecule has 0 bridgehead atoms. The Kier molecular flexibility index (Phi) is 10.3. The van der Waals surface area contributed by atoms with Crippen LogP contribution in [0.4, 0.5) is 13.2 Å². The van der Waals surface area contributed by atoms with Crippen LogP contribution < -0.4 is 9.47 Å². The first kappa shape index (κ1) is 30.5. The topological polar surface area (TPSA) is 36.9 Å². The monoisotopic (exact) mass is 552 g/mol. The van der Waals surface area contributed by atoms with Gasteiger partial charge in [-0.05, 0) is 72.1 Å². The lowest BCUT2D eigenvalue weighted by atomic mass is 10.1. The van der Waals surface area contributed by atoms with Crippen LogP contribution in [0.3, 0.4) is 0 Å². The zero-order valence-corrected chi connectivity index (χ0v) is 24.7. The van der Waals surface area contributed by atoms with Gasteiger partial charge in [0.05, 0.1) is 6.10 Å². The highest BCUT2D eigenvalue weighted by Crippen LogP contribution is 2.43. The van der Waals surface area contributed by atoms with Crippen molar-refractivity contribution in [3.8, 4) is 11.5 Å². The third-order valence-electron chi connectivity index (χ3n) is 7.74. The predicted octanol–water partition coefficient (Wildman–Crippen LogP) is 9.31. The average molecular weight is 553 g/mol. The first-order valence-electron chi connectivity index (χ1n) is 13.8. The highest BCUT2D eigenvalue weighted by atomic mass is 28.4. The molecule has 0 spiro atoms. The van der Waals surface area contributed by atoms with Gasteiger partial charge in [-0.3, -0.25) is 0 Å². The van der Waals surface area contributed by atoms with Crippen molar-refractivity contribution in [2.45, 2.75) is 103 Å².